The van der Waals surface area contributed by atoms with Gasteiger partial charge in [0, 0.05) is 38.2 Å². The van der Waals surface area contributed by atoms with Crippen LogP contribution in [0.3, 0.4) is 0 Å². The largest absolute Gasteiger partial charge is 0.383 e. The van der Waals surface area contributed by atoms with Crippen LogP contribution in [0.25, 0.3) is 0 Å². The first kappa shape index (κ1) is 15.4. The number of nitrogens with one attached hydrogen (secondary N) is 1. The number of anilines is 1. The molecule has 18 heavy (non-hydrogen) atoms. The van der Waals surface area contributed by atoms with E-state index in [1.807, 2.05) is 0 Å². The third kappa shape index (κ3) is 4.23. The molecular weight excluding hydrogens is 246 g/mol. The van der Waals surface area contributed by atoms with Crippen LogP contribution in [0.15, 0.2) is 0 Å². The van der Waals surface area contributed by atoms with E-state index >= 15 is 0 Å². The van der Waals surface area contributed by atoms with Crippen molar-refractivity contribution in [3.05, 3.63) is 10.6 Å². The van der Waals surface area contributed by atoms with Crippen molar-refractivity contribution in [3.8, 4) is 0 Å². The second-order valence-corrected chi connectivity index (χ2v) is 5.66. The van der Waals surface area contributed by atoms with E-state index in [-0.39, 0.29) is 0 Å². The van der Waals surface area contributed by atoms with Crippen molar-refractivity contribution >= 4 is 16.5 Å². The molecule has 1 rings (SSSR count). The van der Waals surface area contributed by atoms with Gasteiger partial charge >= 0.3 is 0 Å². The second-order valence-electron chi connectivity index (χ2n) is 4.59. The minimum absolute atomic E-state index is 0.482. The lowest BCUT2D eigenvalue weighted by Crippen LogP contribution is -2.25. The molecule has 0 aliphatic rings. The molecule has 1 aromatic rings. The molecule has 5 heteroatoms. The molecule has 0 aliphatic carbocycles. The summed E-state index contributed by atoms with van der Waals surface area (Å²) < 4.78 is 5.03. The molecule has 0 aromatic carbocycles. The summed E-state index contributed by atoms with van der Waals surface area (Å²) in [7, 11) is 3.83. The average Bonchev–Trinajstić information content (AvgIpc) is 2.76. The minimum atomic E-state index is 0.482. The summed E-state index contributed by atoms with van der Waals surface area (Å²) in [6, 6.07) is 0.482. The van der Waals surface area contributed by atoms with Crippen LogP contribution < -0.4 is 10.2 Å². The van der Waals surface area contributed by atoms with E-state index in [1.165, 1.54) is 10.6 Å². The van der Waals surface area contributed by atoms with Gasteiger partial charge in [0.15, 0.2) is 5.13 Å². The third-order valence-electron chi connectivity index (χ3n) is 2.95. The van der Waals surface area contributed by atoms with E-state index < -0.39 is 0 Å². The first-order chi connectivity index (χ1) is 8.60. The van der Waals surface area contributed by atoms with Crippen LogP contribution in [0.4, 0.5) is 5.13 Å². The number of rotatable bonds is 8. The molecule has 1 heterocycles. The molecule has 0 saturated heterocycles. The summed E-state index contributed by atoms with van der Waals surface area (Å²) in [4.78, 5) is 8.29. The first-order valence-corrected chi connectivity index (χ1v) is 7.32. The van der Waals surface area contributed by atoms with Crippen LogP contribution in [0.5, 0.6) is 0 Å². The number of methoxy groups -OCH3 is 1. The standard InChI is InChI=1S/C13H25N3OS/c1-6-11-12(9-14-7-8-17-5)18-13(15-11)16(4)10(2)3/h10,14H,6-9H2,1-5H3. The Labute approximate surface area is 114 Å². The Balaban J connectivity index is 2.66. The number of hydrogen-bond donors (Lipinski definition) is 1. The molecule has 0 fully saturated rings. The SMILES string of the molecule is CCc1nc(N(C)C(C)C)sc1CNCCOC. The maximum atomic E-state index is 5.03. The Morgan fingerprint density at radius 2 is 2.17 bits per heavy atom. The summed E-state index contributed by atoms with van der Waals surface area (Å²) in [6.07, 6.45) is 0.990. The zero-order valence-corrected chi connectivity index (χ0v) is 12.9. The number of aryl methyl sites for hydroxylation is 1. The van der Waals surface area contributed by atoms with Crippen LogP contribution in [-0.2, 0) is 17.7 Å². The molecule has 0 atom stereocenters. The molecule has 1 aromatic heterocycles. The highest BCUT2D eigenvalue weighted by Gasteiger charge is 2.14. The molecule has 1 N–H and O–H groups in total. The van der Waals surface area contributed by atoms with Gasteiger partial charge in [0.25, 0.3) is 0 Å². The molecule has 0 spiro atoms. The van der Waals surface area contributed by atoms with E-state index in [9.17, 15) is 0 Å². The number of nitrogens with zero attached hydrogens (tertiary/aromatic N) is 2. The highest BCUT2D eigenvalue weighted by Crippen LogP contribution is 2.27. The lowest BCUT2D eigenvalue weighted by Gasteiger charge is -2.19. The topological polar surface area (TPSA) is 37.4 Å². The van der Waals surface area contributed by atoms with Gasteiger partial charge in [0.1, 0.15) is 0 Å². The van der Waals surface area contributed by atoms with E-state index in [4.69, 9.17) is 9.72 Å². The Morgan fingerprint density at radius 1 is 1.44 bits per heavy atom. The Bertz CT molecular complexity index is 352. The zero-order chi connectivity index (χ0) is 13.5. The van der Waals surface area contributed by atoms with E-state index in [1.54, 1.807) is 18.4 Å². The van der Waals surface area contributed by atoms with Gasteiger partial charge in [-0.3, -0.25) is 0 Å². The van der Waals surface area contributed by atoms with Gasteiger partial charge in [-0.1, -0.05) is 6.92 Å². The number of thiazole rings is 1. The highest BCUT2D eigenvalue weighted by molar-refractivity contribution is 7.15. The Morgan fingerprint density at radius 3 is 2.72 bits per heavy atom. The van der Waals surface area contributed by atoms with E-state index in [0.717, 1.165) is 31.2 Å². The normalized spacial score (nSPS) is 11.2. The molecule has 104 valence electrons. The average molecular weight is 271 g/mol. The molecule has 0 amide bonds. The summed E-state index contributed by atoms with van der Waals surface area (Å²) in [5, 5.41) is 4.50. The fourth-order valence-corrected chi connectivity index (χ4v) is 2.75. The number of ether oxygens (including phenoxy) is 1. The molecule has 0 radical (unpaired) electrons. The van der Waals surface area contributed by atoms with Crippen molar-refractivity contribution < 1.29 is 4.74 Å². The number of aromatic nitrogens is 1. The fourth-order valence-electron chi connectivity index (χ4n) is 1.53. The lowest BCUT2D eigenvalue weighted by atomic mass is 10.3. The maximum Gasteiger partial charge on any atom is 0.185 e. The smallest absolute Gasteiger partial charge is 0.185 e. The molecule has 4 nitrogen and oxygen atoms in total. The van der Waals surface area contributed by atoms with E-state index in [2.05, 4.69) is 38.0 Å². The highest BCUT2D eigenvalue weighted by atomic mass is 32.1. The zero-order valence-electron chi connectivity index (χ0n) is 12.1. The molecule has 0 bridgehead atoms. The van der Waals surface area contributed by atoms with Crippen molar-refractivity contribution in [3.63, 3.8) is 0 Å². The van der Waals surface area contributed by atoms with Crippen molar-refractivity contribution in [2.45, 2.75) is 39.8 Å². The van der Waals surface area contributed by atoms with Crippen LogP contribution in [-0.4, -0.2) is 38.3 Å². The molecular formula is C13H25N3OS. The predicted octanol–water partition coefficient (Wildman–Crippen LogP) is 2.29. The van der Waals surface area contributed by atoms with Gasteiger partial charge in [0.05, 0.1) is 12.3 Å². The van der Waals surface area contributed by atoms with Gasteiger partial charge < -0.3 is 15.0 Å². The Hall–Kier alpha value is -0.650. The number of hydrogen-bond acceptors (Lipinski definition) is 5. The monoisotopic (exact) mass is 271 g/mol. The van der Waals surface area contributed by atoms with Crippen molar-refractivity contribution in [1.29, 1.82) is 0 Å². The van der Waals surface area contributed by atoms with Gasteiger partial charge in [-0.15, -0.1) is 11.3 Å². The van der Waals surface area contributed by atoms with Crippen molar-refractivity contribution in [1.82, 2.24) is 10.3 Å². The maximum absolute atomic E-state index is 5.03. The lowest BCUT2D eigenvalue weighted by molar-refractivity contribution is 0.199. The van der Waals surface area contributed by atoms with Crippen LogP contribution in [0.1, 0.15) is 31.3 Å². The molecule has 0 unspecified atom stereocenters. The summed E-state index contributed by atoms with van der Waals surface area (Å²) >= 11 is 1.79. The van der Waals surface area contributed by atoms with Gasteiger partial charge in [-0.05, 0) is 20.3 Å². The third-order valence-corrected chi connectivity index (χ3v) is 4.13. The summed E-state index contributed by atoms with van der Waals surface area (Å²) in [5.74, 6) is 0. The van der Waals surface area contributed by atoms with Crippen LogP contribution in [0.2, 0.25) is 0 Å². The van der Waals surface area contributed by atoms with Crippen molar-refractivity contribution in [2.24, 2.45) is 0 Å². The van der Waals surface area contributed by atoms with Crippen LogP contribution in [0, 0.1) is 0 Å². The first-order valence-electron chi connectivity index (χ1n) is 6.51. The Kier molecular flexibility index (Phi) is 6.60. The quantitative estimate of drug-likeness (QED) is 0.736. The van der Waals surface area contributed by atoms with Gasteiger partial charge in [-0.25, -0.2) is 4.98 Å². The van der Waals surface area contributed by atoms with Crippen LogP contribution >= 0.6 is 11.3 Å². The predicted molar refractivity (Wildman–Crippen MR) is 78.6 cm³/mol. The van der Waals surface area contributed by atoms with Crippen molar-refractivity contribution in [2.75, 3.05) is 32.2 Å². The fraction of sp³-hybridized carbons (Fsp3) is 0.769. The second kappa shape index (κ2) is 7.71. The molecule has 0 aliphatic heterocycles. The minimum Gasteiger partial charge on any atom is -0.383 e. The summed E-state index contributed by atoms with van der Waals surface area (Å²) in [6.45, 7) is 9.04. The summed E-state index contributed by atoms with van der Waals surface area (Å²) in [5.41, 5.74) is 1.22. The van der Waals surface area contributed by atoms with E-state index in [0.29, 0.717) is 6.04 Å². The van der Waals surface area contributed by atoms with Gasteiger partial charge in [0.2, 0.25) is 0 Å². The van der Waals surface area contributed by atoms with Gasteiger partial charge in [-0.2, -0.15) is 0 Å². The molecule has 0 saturated carbocycles.